The van der Waals surface area contributed by atoms with Crippen LogP contribution in [0.4, 0.5) is 0 Å². The van der Waals surface area contributed by atoms with Crippen molar-refractivity contribution in [3.63, 3.8) is 0 Å². The summed E-state index contributed by atoms with van der Waals surface area (Å²) in [5, 5.41) is 0. The summed E-state index contributed by atoms with van der Waals surface area (Å²) in [5.41, 5.74) is 0. The van der Waals surface area contributed by atoms with Crippen LogP contribution in [0.3, 0.4) is 0 Å². The average Bonchev–Trinajstić information content (AvgIpc) is 2.81. The number of likely N-dealkylation sites (tertiary alicyclic amines) is 1. The monoisotopic (exact) mass is 285 g/mol. The molecule has 0 spiro atoms. The van der Waals surface area contributed by atoms with Gasteiger partial charge in [0.25, 0.3) is 0 Å². The lowest BCUT2D eigenvalue weighted by atomic mass is 10.0. The molecule has 2 aliphatic rings. The Morgan fingerprint density at radius 2 is 2.00 bits per heavy atom. The molecule has 0 amide bonds. The number of hydrogen-bond acceptors (Lipinski definition) is 2. The molecule has 1 aliphatic heterocycles. The molecule has 0 bridgehead atoms. The molecule has 2 heterocycles. The summed E-state index contributed by atoms with van der Waals surface area (Å²) < 4.78 is 1.26. The van der Waals surface area contributed by atoms with Crippen molar-refractivity contribution < 1.29 is 0 Å². The Labute approximate surface area is 104 Å². The molecule has 2 unspecified atom stereocenters. The highest BCUT2D eigenvalue weighted by atomic mass is 79.9. The summed E-state index contributed by atoms with van der Waals surface area (Å²) >= 11 is 5.41. The predicted octanol–water partition coefficient (Wildman–Crippen LogP) is 3.74. The van der Waals surface area contributed by atoms with Crippen LogP contribution in [0.5, 0.6) is 0 Å². The Bertz CT molecular complexity index is 337. The quantitative estimate of drug-likeness (QED) is 0.800. The second-order valence-electron chi connectivity index (χ2n) is 4.85. The SMILES string of the molecule is Brc1ccc(CN2CC3CCCC3C2)s1. The van der Waals surface area contributed by atoms with Crippen LogP contribution in [0.1, 0.15) is 24.1 Å². The Hall–Kier alpha value is 0.140. The lowest BCUT2D eigenvalue weighted by Crippen LogP contribution is -2.20. The van der Waals surface area contributed by atoms with E-state index in [1.165, 1.54) is 47.6 Å². The summed E-state index contributed by atoms with van der Waals surface area (Å²) in [6.07, 6.45) is 4.44. The van der Waals surface area contributed by atoms with E-state index < -0.39 is 0 Å². The first-order chi connectivity index (χ1) is 7.31. The van der Waals surface area contributed by atoms with E-state index in [-0.39, 0.29) is 0 Å². The topological polar surface area (TPSA) is 3.24 Å². The molecule has 82 valence electrons. The van der Waals surface area contributed by atoms with Crippen molar-refractivity contribution in [2.75, 3.05) is 13.1 Å². The van der Waals surface area contributed by atoms with Gasteiger partial charge in [0.1, 0.15) is 0 Å². The van der Waals surface area contributed by atoms with Gasteiger partial charge in [-0.1, -0.05) is 6.42 Å². The molecular formula is C12H16BrNS. The molecular weight excluding hydrogens is 270 g/mol. The van der Waals surface area contributed by atoms with Crippen LogP contribution in [0.15, 0.2) is 15.9 Å². The predicted molar refractivity (Wildman–Crippen MR) is 68.1 cm³/mol. The van der Waals surface area contributed by atoms with Crippen molar-refractivity contribution in [2.45, 2.75) is 25.8 Å². The van der Waals surface area contributed by atoms with E-state index in [4.69, 9.17) is 0 Å². The smallest absolute Gasteiger partial charge is 0.0701 e. The van der Waals surface area contributed by atoms with Gasteiger partial charge in [-0.3, -0.25) is 4.90 Å². The standard InChI is InChI=1S/C12H16BrNS/c13-12-5-4-11(15-12)8-14-6-9-2-1-3-10(9)7-14/h4-5,9-10H,1-3,6-8H2. The van der Waals surface area contributed by atoms with E-state index in [9.17, 15) is 0 Å². The van der Waals surface area contributed by atoms with Crippen LogP contribution >= 0.6 is 27.3 Å². The van der Waals surface area contributed by atoms with Gasteiger partial charge in [0.15, 0.2) is 0 Å². The summed E-state index contributed by atoms with van der Waals surface area (Å²) in [7, 11) is 0. The zero-order valence-corrected chi connectivity index (χ0v) is 11.2. The van der Waals surface area contributed by atoms with Crippen LogP contribution in [-0.4, -0.2) is 18.0 Å². The second kappa shape index (κ2) is 4.19. The third-order valence-corrected chi connectivity index (χ3v) is 5.42. The zero-order valence-electron chi connectivity index (χ0n) is 8.79. The van der Waals surface area contributed by atoms with Gasteiger partial charge in [0.05, 0.1) is 3.79 Å². The molecule has 2 fully saturated rings. The van der Waals surface area contributed by atoms with Crippen molar-refractivity contribution in [2.24, 2.45) is 11.8 Å². The Balaban J connectivity index is 1.61. The van der Waals surface area contributed by atoms with Gasteiger partial charge in [-0.25, -0.2) is 0 Å². The van der Waals surface area contributed by atoms with E-state index in [0.29, 0.717) is 0 Å². The van der Waals surface area contributed by atoms with Gasteiger partial charge in [0.2, 0.25) is 0 Å². The first kappa shape index (κ1) is 10.3. The Morgan fingerprint density at radius 3 is 2.60 bits per heavy atom. The largest absolute Gasteiger partial charge is 0.298 e. The number of nitrogens with zero attached hydrogens (tertiary/aromatic N) is 1. The third kappa shape index (κ3) is 2.15. The zero-order chi connectivity index (χ0) is 10.3. The number of thiophene rings is 1. The van der Waals surface area contributed by atoms with E-state index in [1.54, 1.807) is 0 Å². The lowest BCUT2D eigenvalue weighted by Gasteiger charge is -2.15. The molecule has 0 radical (unpaired) electrons. The minimum Gasteiger partial charge on any atom is -0.298 e. The minimum absolute atomic E-state index is 1.02. The second-order valence-corrected chi connectivity index (χ2v) is 7.40. The highest BCUT2D eigenvalue weighted by Crippen LogP contribution is 2.38. The lowest BCUT2D eigenvalue weighted by molar-refractivity contribution is 0.306. The molecule has 1 saturated carbocycles. The van der Waals surface area contributed by atoms with Gasteiger partial charge in [-0.2, -0.15) is 0 Å². The van der Waals surface area contributed by atoms with Crippen molar-refractivity contribution >= 4 is 27.3 Å². The van der Waals surface area contributed by atoms with Crippen molar-refractivity contribution in [3.8, 4) is 0 Å². The van der Waals surface area contributed by atoms with E-state index in [0.717, 1.165) is 11.8 Å². The fraction of sp³-hybridized carbons (Fsp3) is 0.667. The number of hydrogen-bond donors (Lipinski definition) is 0. The average molecular weight is 286 g/mol. The molecule has 1 nitrogen and oxygen atoms in total. The third-order valence-electron chi connectivity index (χ3n) is 3.81. The molecule has 1 aromatic rings. The molecule has 1 aliphatic carbocycles. The first-order valence-corrected chi connectivity index (χ1v) is 7.39. The molecule has 3 rings (SSSR count). The highest BCUT2D eigenvalue weighted by Gasteiger charge is 2.35. The Morgan fingerprint density at radius 1 is 1.27 bits per heavy atom. The molecule has 15 heavy (non-hydrogen) atoms. The molecule has 2 atom stereocenters. The number of fused-ring (bicyclic) bond motifs is 1. The van der Waals surface area contributed by atoms with Gasteiger partial charge in [-0.05, 0) is 52.7 Å². The van der Waals surface area contributed by atoms with Crippen molar-refractivity contribution in [1.29, 1.82) is 0 Å². The maximum Gasteiger partial charge on any atom is 0.0701 e. The van der Waals surface area contributed by atoms with Gasteiger partial charge in [-0.15, -0.1) is 11.3 Å². The van der Waals surface area contributed by atoms with E-state index in [2.05, 4.69) is 33.0 Å². The normalized spacial score (nSPS) is 31.0. The summed E-state index contributed by atoms with van der Waals surface area (Å²) in [6.45, 7) is 3.86. The summed E-state index contributed by atoms with van der Waals surface area (Å²) in [4.78, 5) is 4.15. The number of halogens is 1. The summed E-state index contributed by atoms with van der Waals surface area (Å²) in [6, 6.07) is 4.42. The van der Waals surface area contributed by atoms with Gasteiger partial charge < -0.3 is 0 Å². The van der Waals surface area contributed by atoms with Crippen LogP contribution in [-0.2, 0) is 6.54 Å². The van der Waals surface area contributed by atoms with Crippen LogP contribution in [0, 0.1) is 11.8 Å². The van der Waals surface area contributed by atoms with Crippen molar-refractivity contribution in [3.05, 3.63) is 20.8 Å². The van der Waals surface area contributed by atoms with Crippen LogP contribution in [0.25, 0.3) is 0 Å². The van der Waals surface area contributed by atoms with E-state index in [1.807, 2.05) is 11.3 Å². The molecule has 1 aromatic heterocycles. The van der Waals surface area contributed by atoms with Crippen molar-refractivity contribution in [1.82, 2.24) is 4.90 Å². The molecule has 0 aromatic carbocycles. The minimum atomic E-state index is 1.02. The number of rotatable bonds is 2. The van der Waals surface area contributed by atoms with Gasteiger partial charge in [0, 0.05) is 24.5 Å². The highest BCUT2D eigenvalue weighted by molar-refractivity contribution is 9.11. The Kier molecular flexibility index (Phi) is 2.88. The maximum atomic E-state index is 3.53. The molecule has 1 saturated heterocycles. The van der Waals surface area contributed by atoms with Gasteiger partial charge >= 0.3 is 0 Å². The summed E-state index contributed by atoms with van der Waals surface area (Å²) in [5.74, 6) is 2.04. The fourth-order valence-corrected chi connectivity index (χ4v) is 4.64. The molecule has 0 N–H and O–H groups in total. The maximum absolute atomic E-state index is 3.53. The first-order valence-electron chi connectivity index (χ1n) is 5.78. The fourth-order valence-electron chi connectivity index (χ4n) is 3.12. The van der Waals surface area contributed by atoms with E-state index >= 15 is 0 Å². The van der Waals surface area contributed by atoms with Crippen LogP contribution in [0.2, 0.25) is 0 Å². The van der Waals surface area contributed by atoms with Crippen LogP contribution < -0.4 is 0 Å². The molecule has 3 heteroatoms.